The summed E-state index contributed by atoms with van der Waals surface area (Å²) in [6.45, 7) is 6.55. The van der Waals surface area contributed by atoms with Crippen LogP contribution in [-0.4, -0.2) is 5.97 Å². The van der Waals surface area contributed by atoms with E-state index < -0.39 is 0 Å². The smallest absolute Gasteiger partial charge is 0.307 e. The summed E-state index contributed by atoms with van der Waals surface area (Å²) in [5.41, 5.74) is 0. The van der Waals surface area contributed by atoms with Crippen molar-refractivity contribution in [3.05, 3.63) is 12.8 Å². The number of ether oxygens (including phenoxy) is 1. The van der Waals surface area contributed by atoms with Gasteiger partial charge in [0.05, 0.1) is 6.26 Å². The number of unbranched alkanes of at least 4 members (excludes halogenated alkanes) is 1. The van der Waals surface area contributed by atoms with Gasteiger partial charge in [-0.2, -0.15) is 0 Å². The normalized spacial score (nSPS) is 6.64. The molecule has 0 aromatic heterocycles. The Morgan fingerprint density at radius 3 is 2.36 bits per heavy atom. The molecule has 0 N–H and O–H groups in total. The number of esters is 1. The number of hydrogen-bond donors (Lipinski definition) is 0. The average Bonchev–Trinajstić information content (AvgIpc) is 1.90. The SMILES string of the molecule is C#CCCC.C=COC(C)=O. The van der Waals surface area contributed by atoms with Gasteiger partial charge in [0.2, 0.25) is 0 Å². The predicted octanol–water partition coefficient (Wildman–Crippen LogP) is 2.11. The molecule has 0 atom stereocenters. The first-order valence-corrected chi connectivity index (χ1v) is 3.40. The van der Waals surface area contributed by atoms with Crippen LogP contribution in [0, 0.1) is 12.3 Å². The van der Waals surface area contributed by atoms with Gasteiger partial charge in [-0.15, -0.1) is 12.3 Å². The maximum absolute atomic E-state index is 9.75. The topological polar surface area (TPSA) is 26.3 Å². The largest absolute Gasteiger partial charge is 0.435 e. The lowest BCUT2D eigenvalue weighted by atomic mass is 10.4. The standard InChI is InChI=1S/C5H8.C4H6O2/c1-3-5-4-2;1-3-6-4(2)5/h1H,4-5H2,2H3;3H,1H2,2H3. The van der Waals surface area contributed by atoms with Crippen LogP contribution >= 0.6 is 0 Å². The van der Waals surface area contributed by atoms with Crippen LogP contribution in [0.4, 0.5) is 0 Å². The van der Waals surface area contributed by atoms with Crippen molar-refractivity contribution >= 4 is 5.97 Å². The maximum Gasteiger partial charge on any atom is 0.307 e. The first-order chi connectivity index (χ1) is 5.18. The quantitative estimate of drug-likeness (QED) is 0.346. The van der Waals surface area contributed by atoms with E-state index in [2.05, 4.69) is 24.2 Å². The van der Waals surface area contributed by atoms with Crippen LogP contribution in [0.15, 0.2) is 12.8 Å². The zero-order chi connectivity index (χ0) is 9.11. The van der Waals surface area contributed by atoms with Crippen LogP contribution in [0.3, 0.4) is 0 Å². The summed E-state index contributed by atoms with van der Waals surface area (Å²) in [6, 6.07) is 0. The molecule has 0 radical (unpaired) electrons. The first kappa shape index (κ1) is 12.4. The Kier molecular flexibility index (Phi) is 13.1. The summed E-state index contributed by atoms with van der Waals surface area (Å²) in [4.78, 5) is 9.75. The molecule has 0 fully saturated rings. The summed E-state index contributed by atoms with van der Waals surface area (Å²) in [5, 5.41) is 0. The molecule has 0 aromatic rings. The minimum atomic E-state index is -0.329. The Morgan fingerprint density at radius 1 is 1.82 bits per heavy atom. The average molecular weight is 154 g/mol. The van der Waals surface area contributed by atoms with Crippen molar-refractivity contribution in [3.63, 3.8) is 0 Å². The molecule has 0 heterocycles. The highest BCUT2D eigenvalue weighted by Gasteiger charge is 1.79. The molecule has 2 nitrogen and oxygen atoms in total. The molecule has 11 heavy (non-hydrogen) atoms. The molecule has 2 heteroatoms. The van der Waals surface area contributed by atoms with E-state index in [-0.39, 0.29) is 5.97 Å². The fourth-order valence-electron chi connectivity index (χ4n) is 0.262. The van der Waals surface area contributed by atoms with E-state index in [1.807, 2.05) is 0 Å². The van der Waals surface area contributed by atoms with Crippen LogP contribution in [0.1, 0.15) is 26.7 Å². The van der Waals surface area contributed by atoms with Crippen molar-refractivity contribution < 1.29 is 9.53 Å². The number of carbonyl (C=O) groups excluding carboxylic acids is 1. The third-order valence-corrected chi connectivity index (χ3v) is 0.644. The maximum atomic E-state index is 9.75. The van der Waals surface area contributed by atoms with E-state index in [9.17, 15) is 4.79 Å². The molecule has 0 bridgehead atoms. The second-order valence-electron chi connectivity index (χ2n) is 1.73. The van der Waals surface area contributed by atoms with E-state index in [0.29, 0.717) is 0 Å². The Morgan fingerprint density at radius 2 is 2.36 bits per heavy atom. The second-order valence-corrected chi connectivity index (χ2v) is 1.73. The van der Waals surface area contributed by atoms with Gasteiger partial charge in [-0.05, 0) is 6.42 Å². The van der Waals surface area contributed by atoms with Gasteiger partial charge in [-0.3, -0.25) is 4.79 Å². The lowest BCUT2D eigenvalue weighted by molar-refractivity contribution is -0.135. The van der Waals surface area contributed by atoms with Gasteiger partial charge in [-0.25, -0.2) is 0 Å². The lowest BCUT2D eigenvalue weighted by Gasteiger charge is -1.83. The number of terminal acetylenes is 1. The Labute approximate surface area is 68.2 Å². The van der Waals surface area contributed by atoms with Crippen LogP contribution in [-0.2, 0) is 9.53 Å². The molecule has 0 saturated heterocycles. The highest BCUT2D eigenvalue weighted by atomic mass is 16.5. The van der Waals surface area contributed by atoms with Gasteiger partial charge < -0.3 is 4.74 Å². The molecule has 0 aromatic carbocycles. The van der Waals surface area contributed by atoms with Crippen LogP contribution in [0.25, 0.3) is 0 Å². The summed E-state index contributed by atoms with van der Waals surface area (Å²) < 4.78 is 4.17. The molecule has 0 aliphatic carbocycles. The Bertz CT molecular complexity index is 142. The fourth-order valence-corrected chi connectivity index (χ4v) is 0.262. The van der Waals surface area contributed by atoms with Gasteiger partial charge in [0.15, 0.2) is 0 Å². The van der Waals surface area contributed by atoms with E-state index in [1.165, 1.54) is 6.92 Å². The third-order valence-electron chi connectivity index (χ3n) is 0.644. The zero-order valence-corrected chi connectivity index (χ0v) is 7.09. The molecular weight excluding hydrogens is 140 g/mol. The van der Waals surface area contributed by atoms with Gasteiger partial charge in [0.25, 0.3) is 0 Å². The molecular formula is C9H14O2. The van der Waals surface area contributed by atoms with Gasteiger partial charge in [0, 0.05) is 13.3 Å². The fraction of sp³-hybridized carbons (Fsp3) is 0.444. The van der Waals surface area contributed by atoms with Gasteiger partial charge >= 0.3 is 5.97 Å². The monoisotopic (exact) mass is 154 g/mol. The summed E-state index contributed by atoms with van der Waals surface area (Å²) >= 11 is 0. The van der Waals surface area contributed by atoms with E-state index in [4.69, 9.17) is 6.42 Å². The minimum Gasteiger partial charge on any atom is -0.435 e. The van der Waals surface area contributed by atoms with Crippen molar-refractivity contribution in [3.8, 4) is 12.3 Å². The van der Waals surface area contributed by atoms with Crippen LogP contribution < -0.4 is 0 Å². The zero-order valence-electron chi connectivity index (χ0n) is 7.09. The number of carbonyl (C=O) groups is 1. The number of rotatable bonds is 2. The highest BCUT2D eigenvalue weighted by Crippen LogP contribution is 1.77. The number of hydrogen-bond acceptors (Lipinski definition) is 2. The van der Waals surface area contributed by atoms with E-state index >= 15 is 0 Å². The second kappa shape index (κ2) is 11.6. The summed E-state index contributed by atoms with van der Waals surface area (Å²) in [5.74, 6) is 2.19. The Hall–Kier alpha value is -1.23. The van der Waals surface area contributed by atoms with E-state index in [1.54, 1.807) is 0 Å². The van der Waals surface area contributed by atoms with Crippen molar-refractivity contribution in [1.82, 2.24) is 0 Å². The molecule has 0 rings (SSSR count). The van der Waals surface area contributed by atoms with Crippen molar-refractivity contribution in [2.75, 3.05) is 0 Å². The molecule has 0 aliphatic heterocycles. The molecule has 0 aliphatic rings. The summed E-state index contributed by atoms with van der Waals surface area (Å²) in [7, 11) is 0. The highest BCUT2D eigenvalue weighted by molar-refractivity contribution is 5.66. The van der Waals surface area contributed by atoms with Gasteiger partial charge in [0.1, 0.15) is 0 Å². The van der Waals surface area contributed by atoms with Crippen molar-refractivity contribution in [2.45, 2.75) is 26.7 Å². The molecule has 0 saturated carbocycles. The van der Waals surface area contributed by atoms with Crippen molar-refractivity contribution in [2.24, 2.45) is 0 Å². The molecule has 62 valence electrons. The third kappa shape index (κ3) is 28.3. The van der Waals surface area contributed by atoms with E-state index in [0.717, 1.165) is 19.1 Å². The first-order valence-electron chi connectivity index (χ1n) is 3.40. The molecule has 0 spiro atoms. The predicted molar refractivity (Wildman–Crippen MR) is 45.7 cm³/mol. The molecule has 0 unspecified atom stereocenters. The van der Waals surface area contributed by atoms with Gasteiger partial charge in [-0.1, -0.05) is 13.5 Å². The van der Waals surface area contributed by atoms with Crippen LogP contribution in [0.2, 0.25) is 0 Å². The lowest BCUT2D eigenvalue weighted by Crippen LogP contribution is -1.87. The van der Waals surface area contributed by atoms with Crippen molar-refractivity contribution in [1.29, 1.82) is 0 Å². The molecule has 0 amide bonds. The Balaban J connectivity index is 0. The minimum absolute atomic E-state index is 0.329. The van der Waals surface area contributed by atoms with Crippen LogP contribution in [0.5, 0.6) is 0 Å². The summed E-state index contributed by atoms with van der Waals surface area (Å²) in [6.07, 6.45) is 8.01.